The van der Waals surface area contributed by atoms with Crippen LogP contribution < -0.4 is 16.4 Å². The van der Waals surface area contributed by atoms with Crippen LogP contribution in [0.2, 0.25) is 5.02 Å². The first kappa shape index (κ1) is 16.2. The molecule has 7 nitrogen and oxygen atoms in total. The molecule has 130 valence electrons. The van der Waals surface area contributed by atoms with Gasteiger partial charge in [-0.25, -0.2) is 9.97 Å². The molecule has 0 spiro atoms. The number of anilines is 5. The van der Waals surface area contributed by atoms with Gasteiger partial charge < -0.3 is 16.4 Å². The average Bonchev–Trinajstić information content (AvgIpc) is 3.03. The van der Waals surface area contributed by atoms with E-state index in [0.29, 0.717) is 28.0 Å². The van der Waals surface area contributed by atoms with E-state index < -0.39 is 0 Å². The molecule has 5 N–H and O–H groups in total. The zero-order valence-electron chi connectivity index (χ0n) is 13.9. The van der Waals surface area contributed by atoms with Gasteiger partial charge in [0.2, 0.25) is 0 Å². The van der Waals surface area contributed by atoms with Crippen LogP contribution in [0, 0.1) is 6.92 Å². The molecule has 0 aliphatic carbocycles. The van der Waals surface area contributed by atoms with Gasteiger partial charge in [0.15, 0.2) is 11.5 Å². The quantitative estimate of drug-likeness (QED) is 0.400. The molecule has 0 fully saturated rings. The maximum absolute atomic E-state index is 6.06. The molecule has 2 aromatic carbocycles. The molecule has 4 rings (SSSR count). The van der Waals surface area contributed by atoms with Crippen molar-refractivity contribution in [3.63, 3.8) is 0 Å². The Bertz CT molecular complexity index is 1090. The van der Waals surface area contributed by atoms with Crippen molar-refractivity contribution in [1.82, 2.24) is 20.2 Å². The van der Waals surface area contributed by atoms with Crippen molar-refractivity contribution in [2.24, 2.45) is 0 Å². The van der Waals surface area contributed by atoms with Crippen LogP contribution in [0.25, 0.3) is 11.0 Å². The summed E-state index contributed by atoms with van der Waals surface area (Å²) in [6.45, 7) is 1.95. The van der Waals surface area contributed by atoms with Crippen LogP contribution in [0.15, 0.2) is 48.8 Å². The molecular weight excluding hydrogens is 350 g/mol. The van der Waals surface area contributed by atoms with Crippen molar-refractivity contribution in [2.75, 3.05) is 16.4 Å². The number of nitrogens with one attached hydrogen (secondary N) is 3. The second-order valence-corrected chi connectivity index (χ2v) is 6.23. The van der Waals surface area contributed by atoms with Gasteiger partial charge >= 0.3 is 0 Å². The molecule has 0 radical (unpaired) electrons. The first-order valence-electron chi connectivity index (χ1n) is 7.95. The first-order valence-corrected chi connectivity index (χ1v) is 8.33. The Balaban J connectivity index is 1.76. The van der Waals surface area contributed by atoms with E-state index in [1.54, 1.807) is 0 Å². The van der Waals surface area contributed by atoms with Crippen LogP contribution in [0.3, 0.4) is 0 Å². The Morgan fingerprint density at radius 3 is 2.73 bits per heavy atom. The van der Waals surface area contributed by atoms with Crippen molar-refractivity contribution in [3.05, 3.63) is 59.4 Å². The van der Waals surface area contributed by atoms with Gasteiger partial charge in [0, 0.05) is 22.1 Å². The minimum absolute atomic E-state index is 0.610. The third-order valence-corrected chi connectivity index (χ3v) is 4.31. The highest BCUT2D eigenvalue weighted by Crippen LogP contribution is 2.32. The smallest absolute Gasteiger partial charge is 0.165 e. The summed E-state index contributed by atoms with van der Waals surface area (Å²) in [5.74, 6) is 1.23. The third-order valence-electron chi connectivity index (χ3n) is 4.07. The number of halogens is 1. The van der Waals surface area contributed by atoms with Crippen molar-refractivity contribution in [2.45, 2.75) is 6.92 Å². The van der Waals surface area contributed by atoms with Gasteiger partial charge in [-0.3, -0.25) is 5.10 Å². The summed E-state index contributed by atoms with van der Waals surface area (Å²) in [6.07, 6.45) is 1.48. The Labute approximate surface area is 154 Å². The predicted octanol–water partition coefficient (Wildman–Crippen LogP) is 4.38. The van der Waals surface area contributed by atoms with Crippen LogP contribution in [-0.2, 0) is 0 Å². The van der Waals surface area contributed by atoms with Crippen LogP contribution in [0.4, 0.5) is 28.7 Å². The fourth-order valence-corrected chi connectivity index (χ4v) is 2.85. The fourth-order valence-electron chi connectivity index (χ4n) is 2.66. The molecule has 0 bridgehead atoms. The second kappa shape index (κ2) is 6.53. The number of nitrogens with two attached hydrogens (primary N) is 1. The Kier molecular flexibility index (Phi) is 4.06. The van der Waals surface area contributed by atoms with Gasteiger partial charge in [-0.2, -0.15) is 5.10 Å². The van der Waals surface area contributed by atoms with Crippen LogP contribution >= 0.6 is 11.6 Å². The Morgan fingerprint density at radius 1 is 1.04 bits per heavy atom. The van der Waals surface area contributed by atoms with E-state index in [0.717, 1.165) is 22.3 Å². The number of aromatic amines is 1. The summed E-state index contributed by atoms with van der Waals surface area (Å²) >= 11 is 6.06. The number of hydrogen-bond donors (Lipinski definition) is 4. The lowest BCUT2D eigenvalue weighted by atomic mass is 10.1. The zero-order valence-corrected chi connectivity index (χ0v) is 14.7. The molecular formula is C18H16ClN7. The molecule has 8 heteroatoms. The number of fused-ring (bicyclic) bond motifs is 1. The predicted molar refractivity (Wildman–Crippen MR) is 105 cm³/mol. The highest BCUT2D eigenvalue weighted by molar-refractivity contribution is 6.30. The normalized spacial score (nSPS) is 10.8. The molecule has 0 saturated heterocycles. The molecule has 2 heterocycles. The van der Waals surface area contributed by atoms with Crippen LogP contribution in [0.5, 0.6) is 0 Å². The monoisotopic (exact) mass is 365 g/mol. The first-order chi connectivity index (χ1) is 12.6. The summed E-state index contributed by atoms with van der Waals surface area (Å²) in [5.41, 5.74) is 9.97. The van der Waals surface area contributed by atoms with E-state index in [1.807, 2.05) is 49.4 Å². The Hall–Kier alpha value is -3.32. The van der Waals surface area contributed by atoms with Gasteiger partial charge in [-0.05, 0) is 42.8 Å². The van der Waals surface area contributed by atoms with Gasteiger partial charge in [0.05, 0.1) is 0 Å². The Morgan fingerprint density at radius 2 is 1.88 bits per heavy atom. The van der Waals surface area contributed by atoms with E-state index in [4.69, 9.17) is 17.3 Å². The van der Waals surface area contributed by atoms with Gasteiger partial charge in [0.1, 0.15) is 17.5 Å². The summed E-state index contributed by atoms with van der Waals surface area (Å²) in [5, 5.41) is 15.2. The summed E-state index contributed by atoms with van der Waals surface area (Å²) < 4.78 is 0. The van der Waals surface area contributed by atoms with E-state index in [-0.39, 0.29) is 0 Å². The van der Waals surface area contributed by atoms with Crippen molar-refractivity contribution in [3.8, 4) is 0 Å². The molecule has 26 heavy (non-hydrogen) atoms. The van der Waals surface area contributed by atoms with Crippen LogP contribution in [0.1, 0.15) is 5.56 Å². The molecule has 0 aliphatic rings. The van der Waals surface area contributed by atoms with Crippen molar-refractivity contribution in [1.29, 1.82) is 0 Å². The molecule has 0 amide bonds. The largest absolute Gasteiger partial charge is 0.398 e. The number of H-pyrrole nitrogens is 1. The molecule has 4 aromatic rings. The fraction of sp³-hybridized carbons (Fsp3) is 0.0556. The lowest BCUT2D eigenvalue weighted by Gasteiger charge is -2.11. The number of rotatable bonds is 4. The summed E-state index contributed by atoms with van der Waals surface area (Å²) in [6, 6.07) is 13.1. The molecule has 2 aromatic heterocycles. The van der Waals surface area contributed by atoms with E-state index in [2.05, 4.69) is 30.8 Å². The minimum atomic E-state index is 0.610. The van der Waals surface area contributed by atoms with Gasteiger partial charge in [-0.15, -0.1) is 0 Å². The topological polar surface area (TPSA) is 105 Å². The highest BCUT2D eigenvalue weighted by atomic mass is 35.5. The third kappa shape index (κ3) is 3.00. The van der Waals surface area contributed by atoms with Crippen LogP contribution in [-0.4, -0.2) is 20.2 Å². The number of hydrogen-bond acceptors (Lipinski definition) is 6. The highest BCUT2D eigenvalue weighted by Gasteiger charge is 2.14. The number of nitrogen functional groups attached to an aromatic ring is 1. The van der Waals surface area contributed by atoms with Crippen molar-refractivity contribution < 1.29 is 0 Å². The van der Waals surface area contributed by atoms with Gasteiger partial charge in [-0.1, -0.05) is 23.7 Å². The number of nitrogens with zero attached hydrogens (tertiary/aromatic N) is 3. The SMILES string of the molecule is Cc1c(N)cccc1Nc1n[nH]c2ncnc(Nc3cccc(Cl)c3)c12. The maximum Gasteiger partial charge on any atom is 0.165 e. The molecule has 0 aliphatic heterocycles. The number of benzene rings is 2. The summed E-state index contributed by atoms with van der Waals surface area (Å²) in [4.78, 5) is 8.60. The second-order valence-electron chi connectivity index (χ2n) is 5.80. The van der Waals surface area contributed by atoms with E-state index >= 15 is 0 Å². The minimum Gasteiger partial charge on any atom is -0.398 e. The van der Waals surface area contributed by atoms with Gasteiger partial charge in [0.25, 0.3) is 0 Å². The lowest BCUT2D eigenvalue weighted by molar-refractivity contribution is 1.09. The maximum atomic E-state index is 6.06. The summed E-state index contributed by atoms with van der Waals surface area (Å²) in [7, 11) is 0. The standard InChI is InChI=1S/C18H16ClN7/c1-10-13(20)6-3-7-14(10)24-18-15-16(21-9-22-17(15)25-26-18)23-12-5-2-4-11(19)8-12/h2-9H,20H2,1H3,(H3,21,22,23,24,25,26). The van der Waals surface area contributed by atoms with E-state index in [9.17, 15) is 0 Å². The number of aromatic nitrogens is 4. The lowest BCUT2D eigenvalue weighted by Crippen LogP contribution is -1.99. The van der Waals surface area contributed by atoms with Crippen molar-refractivity contribution >= 4 is 51.3 Å². The molecule has 0 atom stereocenters. The zero-order chi connectivity index (χ0) is 18.1. The average molecular weight is 366 g/mol. The van der Waals surface area contributed by atoms with E-state index in [1.165, 1.54) is 6.33 Å². The molecule has 0 saturated carbocycles. The molecule has 0 unspecified atom stereocenters.